The van der Waals surface area contributed by atoms with Crippen LogP contribution in [0.2, 0.25) is 0 Å². The zero-order chi connectivity index (χ0) is 14.3. The summed E-state index contributed by atoms with van der Waals surface area (Å²) >= 11 is 0. The summed E-state index contributed by atoms with van der Waals surface area (Å²) in [5.74, 6) is -1.24. The van der Waals surface area contributed by atoms with E-state index in [2.05, 4.69) is 4.90 Å². The van der Waals surface area contributed by atoms with E-state index in [9.17, 15) is 14.3 Å². The van der Waals surface area contributed by atoms with Crippen molar-refractivity contribution in [2.24, 2.45) is 0 Å². The van der Waals surface area contributed by atoms with Crippen LogP contribution < -0.4 is 0 Å². The molecule has 1 aliphatic rings. The lowest BCUT2D eigenvalue weighted by atomic mass is 9.67. The molecule has 0 amide bonds. The Morgan fingerprint density at radius 1 is 1.42 bits per heavy atom. The molecule has 0 radical (unpaired) electrons. The monoisotopic (exact) mass is 265 g/mol. The Labute approximate surface area is 113 Å². The van der Waals surface area contributed by atoms with Crippen LogP contribution in [0.15, 0.2) is 24.3 Å². The highest BCUT2D eigenvalue weighted by Crippen LogP contribution is 2.42. The second-order valence-corrected chi connectivity index (χ2v) is 6.06. The summed E-state index contributed by atoms with van der Waals surface area (Å²) in [5, 5.41) is 9.71. The molecule has 1 aromatic carbocycles. The zero-order valence-electron chi connectivity index (χ0n) is 11.6. The summed E-state index contributed by atoms with van der Waals surface area (Å²) in [4.78, 5) is 14.0. The van der Waals surface area contributed by atoms with Gasteiger partial charge in [0.2, 0.25) is 0 Å². The number of carboxylic acids is 1. The summed E-state index contributed by atoms with van der Waals surface area (Å²) in [6, 6.07) is 6.01. The molecule has 1 aromatic rings. The van der Waals surface area contributed by atoms with E-state index in [0.717, 1.165) is 0 Å². The van der Waals surface area contributed by atoms with E-state index >= 15 is 0 Å². The van der Waals surface area contributed by atoms with Crippen molar-refractivity contribution in [3.63, 3.8) is 0 Å². The lowest BCUT2D eigenvalue weighted by Gasteiger charge is -2.48. The number of nitrogens with zero attached hydrogens (tertiary/aromatic N) is 1. The van der Waals surface area contributed by atoms with Gasteiger partial charge in [0.25, 0.3) is 0 Å². The largest absolute Gasteiger partial charge is 0.481 e. The summed E-state index contributed by atoms with van der Waals surface area (Å²) in [6.07, 6.45) is 0.987. The van der Waals surface area contributed by atoms with Crippen molar-refractivity contribution in [3.05, 3.63) is 35.6 Å². The smallest absolute Gasteiger partial charge is 0.314 e. The molecule has 0 aromatic heterocycles. The van der Waals surface area contributed by atoms with Crippen molar-refractivity contribution >= 4 is 5.97 Å². The minimum Gasteiger partial charge on any atom is -0.481 e. The molecular weight excluding hydrogens is 245 g/mol. The first-order valence-corrected chi connectivity index (χ1v) is 6.49. The Balaban J connectivity index is 2.48. The topological polar surface area (TPSA) is 40.5 Å². The predicted octanol–water partition coefficient (Wildman–Crippen LogP) is 2.65. The van der Waals surface area contributed by atoms with Gasteiger partial charge in [-0.25, -0.2) is 4.39 Å². The third-order valence-corrected chi connectivity index (χ3v) is 4.43. The van der Waals surface area contributed by atoms with Crippen LogP contribution in [0.1, 0.15) is 32.3 Å². The molecule has 1 atom stereocenters. The van der Waals surface area contributed by atoms with Crippen molar-refractivity contribution in [1.82, 2.24) is 4.90 Å². The van der Waals surface area contributed by atoms with Gasteiger partial charge in [-0.2, -0.15) is 0 Å². The number of halogens is 1. The number of aliphatic carboxylic acids is 1. The first-order valence-electron chi connectivity index (χ1n) is 6.49. The quantitative estimate of drug-likeness (QED) is 0.893. The van der Waals surface area contributed by atoms with Crippen molar-refractivity contribution in [3.8, 4) is 0 Å². The maximum absolute atomic E-state index is 13.4. The summed E-state index contributed by atoms with van der Waals surface area (Å²) in [7, 11) is 2.00. The molecule has 0 aliphatic carbocycles. The van der Waals surface area contributed by atoms with Gasteiger partial charge in [0.15, 0.2) is 0 Å². The van der Waals surface area contributed by atoms with Gasteiger partial charge in [0.1, 0.15) is 5.82 Å². The second-order valence-electron chi connectivity index (χ2n) is 6.06. The Hall–Kier alpha value is -1.42. The van der Waals surface area contributed by atoms with Gasteiger partial charge in [-0.3, -0.25) is 4.79 Å². The molecule has 19 heavy (non-hydrogen) atoms. The average molecular weight is 265 g/mol. The first kappa shape index (κ1) is 14.0. The molecule has 1 N–H and O–H groups in total. The van der Waals surface area contributed by atoms with Gasteiger partial charge in [-0.1, -0.05) is 12.1 Å². The van der Waals surface area contributed by atoms with Crippen LogP contribution in [0, 0.1) is 5.82 Å². The van der Waals surface area contributed by atoms with Crippen LogP contribution >= 0.6 is 0 Å². The maximum atomic E-state index is 13.4. The third-order valence-electron chi connectivity index (χ3n) is 4.43. The minimum atomic E-state index is -0.988. The minimum absolute atomic E-state index is 0.219. The zero-order valence-corrected chi connectivity index (χ0v) is 11.6. The number of hydrogen-bond acceptors (Lipinski definition) is 2. The van der Waals surface area contributed by atoms with Crippen molar-refractivity contribution in [1.29, 1.82) is 0 Å². The average Bonchev–Trinajstić information content (AvgIpc) is 2.32. The molecule has 1 saturated heterocycles. The molecule has 0 saturated carbocycles. The second kappa shape index (κ2) is 4.60. The highest BCUT2D eigenvalue weighted by molar-refractivity contribution is 5.81. The number of likely N-dealkylation sites (tertiary alicyclic amines) is 1. The standard InChI is InChI=1S/C15H20FNO2/c1-14(2)10-15(13(18)19,7-8-17(14)3)11-5-4-6-12(16)9-11/h4-6,9H,7-8,10H2,1-3H3,(H,18,19). The van der Waals surface area contributed by atoms with Gasteiger partial charge in [-0.15, -0.1) is 0 Å². The summed E-state index contributed by atoms with van der Waals surface area (Å²) in [5.41, 5.74) is -0.637. The molecule has 3 nitrogen and oxygen atoms in total. The molecule has 0 spiro atoms. The summed E-state index contributed by atoms with van der Waals surface area (Å²) < 4.78 is 13.4. The Morgan fingerprint density at radius 3 is 2.63 bits per heavy atom. The van der Waals surface area contributed by atoms with E-state index in [1.165, 1.54) is 12.1 Å². The Morgan fingerprint density at radius 2 is 2.11 bits per heavy atom. The molecule has 1 fully saturated rings. The fourth-order valence-electron chi connectivity index (χ4n) is 2.96. The Kier molecular flexibility index (Phi) is 3.39. The van der Waals surface area contributed by atoms with E-state index in [1.807, 2.05) is 20.9 Å². The highest BCUT2D eigenvalue weighted by atomic mass is 19.1. The third kappa shape index (κ3) is 2.37. The van der Waals surface area contributed by atoms with Gasteiger partial charge in [0, 0.05) is 5.54 Å². The number of carboxylic acid groups (broad SMARTS) is 1. The summed E-state index contributed by atoms with van der Waals surface area (Å²) in [6.45, 7) is 4.75. The van der Waals surface area contributed by atoms with Gasteiger partial charge < -0.3 is 10.0 Å². The van der Waals surface area contributed by atoms with Crippen LogP contribution in [0.4, 0.5) is 4.39 Å². The molecule has 1 heterocycles. The normalized spacial score (nSPS) is 27.2. The Bertz CT molecular complexity index is 501. The van der Waals surface area contributed by atoms with Crippen LogP contribution in [0.25, 0.3) is 0 Å². The first-order chi connectivity index (χ1) is 8.78. The molecular formula is C15H20FNO2. The van der Waals surface area contributed by atoms with E-state index in [4.69, 9.17) is 0 Å². The van der Waals surface area contributed by atoms with E-state index in [-0.39, 0.29) is 11.4 Å². The van der Waals surface area contributed by atoms with Crippen molar-refractivity contribution < 1.29 is 14.3 Å². The van der Waals surface area contributed by atoms with Gasteiger partial charge >= 0.3 is 5.97 Å². The SMILES string of the molecule is CN1CCC(C(=O)O)(c2cccc(F)c2)CC1(C)C. The lowest BCUT2D eigenvalue weighted by molar-refractivity contribution is -0.148. The van der Waals surface area contributed by atoms with Crippen molar-refractivity contribution in [2.75, 3.05) is 13.6 Å². The van der Waals surface area contributed by atoms with Crippen LogP contribution in [0.5, 0.6) is 0 Å². The molecule has 1 unspecified atom stereocenters. The van der Waals surface area contributed by atoms with Gasteiger partial charge in [-0.05, 0) is 58.0 Å². The van der Waals surface area contributed by atoms with Crippen LogP contribution in [-0.4, -0.2) is 35.1 Å². The number of hydrogen-bond donors (Lipinski definition) is 1. The maximum Gasteiger partial charge on any atom is 0.314 e. The van der Waals surface area contributed by atoms with Gasteiger partial charge in [0.05, 0.1) is 5.41 Å². The number of benzene rings is 1. The number of rotatable bonds is 2. The van der Waals surface area contributed by atoms with E-state index in [1.54, 1.807) is 12.1 Å². The molecule has 1 aliphatic heterocycles. The molecule has 104 valence electrons. The predicted molar refractivity (Wildman–Crippen MR) is 71.7 cm³/mol. The highest BCUT2D eigenvalue weighted by Gasteiger charge is 2.49. The van der Waals surface area contributed by atoms with Crippen LogP contribution in [0.3, 0.4) is 0 Å². The fourth-order valence-corrected chi connectivity index (χ4v) is 2.96. The molecule has 4 heteroatoms. The van der Waals surface area contributed by atoms with Crippen molar-refractivity contribution in [2.45, 2.75) is 37.6 Å². The molecule has 2 rings (SSSR count). The van der Waals surface area contributed by atoms with Crippen LogP contribution in [-0.2, 0) is 10.2 Å². The molecule has 0 bridgehead atoms. The lowest BCUT2D eigenvalue weighted by Crippen LogP contribution is -2.56. The fraction of sp³-hybridized carbons (Fsp3) is 0.533. The van der Waals surface area contributed by atoms with E-state index in [0.29, 0.717) is 24.9 Å². The number of carbonyl (C=O) groups is 1. The number of piperidine rings is 1. The van der Waals surface area contributed by atoms with E-state index < -0.39 is 11.4 Å².